The average Bonchev–Trinajstić information content (AvgIpc) is 2.40. The standard InChI is InChI=1S/C15H18AsN.H2O4S/c1-3-16(13-8-6-9-14(17)11-13)15-10-5-4-7-12(15)2;1-5(2,3)4/h4-11H,3,17H2,1-2H3;(H2,1,2,3,4). The zero-order valence-electron chi connectivity index (χ0n) is 12.5. The fraction of sp³-hybridized carbons (Fsp3) is 0.200. The molecule has 5 nitrogen and oxygen atoms in total. The normalized spacial score (nSPS) is 12.2. The molecule has 0 aromatic heterocycles. The van der Waals surface area contributed by atoms with Gasteiger partial charge in [-0.2, -0.15) is 8.42 Å². The van der Waals surface area contributed by atoms with Gasteiger partial charge in [0.05, 0.1) is 0 Å². The van der Waals surface area contributed by atoms with Gasteiger partial charge in [0.1, 0.15) is 0 Å². The number of hydrogen-bond donors (Lipinski definition) is 3. The molecule has 0 spiro atoms. The van der Waals surface area contributed by atoms with Gasteiger partial charge in [0.25, 0.3) is 0 Å². The van der Waals surface area contributed by atoms with Gasteiger partial charge in [0.2, 0.25) is 0 Å². The van der Waals surface area contributed by atoms with Crippen molar-refractivity contribution in [2.75, 3.05) is 5.73 Å². The van der Waals surface area contributed by atoms with E-state index in [-0.39, 0.29) is 0 Å². The van der Waals surface area contributed by atoms with Crippen LogP contribution in [0.1, 0.15) is 12.5 Å². The van der Waals surface area contributed by atoms with Gasteiger partial charge in [-0.3, -0.25) is 9.11 Å². The maximum atomic E-state index is 8.74. The van der Waals surface area contributed by atoms with Crippen LogP contribution in [-0.4, -0.2) is 32.2 Å². The first kappa shape index (κ1) is 18.7. The van der Waals surface area contributed by atoms with Crippen LogP contribution in [0.5, 0.6) is 0 Å². The quantitative estimate of drug-likeness (QED) is 0.423. The van der Waals surface area contributed by atoms with E-state index in [1.165, 1.54) is 15.1 Å². The number of rotatable bonds is 3. The molecule has 2 aromatic carbocycles. The molecule has 1 atom stereocenters. The van der Waals surface area contributed by atoms with E-state index in [1.807, 2.05) is 6.07 Å². The van der Waals surface area contributed by atoms with Gasteiger partial charge >= 0.3 is 118 Å². The van der Waals surface area contributed by atoms with Gasteiger partial charge in [-0.15, -0.1) is 0 Å². The molecule has 0 bridgehead atoms. The topological polar surface area (TPSA) is 101 Å². The average molecular weight is 385 g/mol. The van der Waals surface area contributed by atoms with E-state index >= 15 is 0 Å². The molecule has 4 N–H and O–H groups in total. The summed E-state index contributed by atoms with van der Waals surface area (Å²) in [6.45, 7) is 4.49. The number of benzene rings is 2. The van der Waals surface area contributed by atoms with E-state index in [9.17, 15) is 0 Å². The number of nitrogens with two attached hydrogens (primary N) is 1. The van der Waals surface area contributed by atoms with Crippen molar-refractivity contribution in [3.8, 4) is 0 Å². The summed E-state index contributed by atoms with van der Waals surface area (Å²) in [7, 11) is -4.67. The number of hydrogen-bond acceptors (Lipinski definition) is 3. The maximum Gasteiger partial charge on any atom is 0.394 e. The van der Waals surface area contributed by atoms with Gasteiger partial charge in [0.15, 0.2) is 0 Å². The van der Waals surface area contributed by atoms with Gasteiger partial charge in [-0.25, -0.2) is 0 Å². The summed E-state index contributed by atoms with van der Waals surface area (Å²) in [6.07, 6.45) is 0. The Balaban J connectivity index is 0.000000422. The summed E-state index contributed by atoms with van der Waals surface area (Å²) < 4.78 is 34.6. The third kappa shape index (κ3) is 6.62. The molecule has 2 rings (SSSR count). The summed E-state index contributed by atoms with van der Waals surface area (Å²) in [5, 5.41) is 1.24. The van der Waals surface area contributed by atoms with Crippen LogP contribution in [0.15, 0.2) is 48.5 Å². The van der Waals surface area contributed by atoms with Crippen molar-refractivity contribution in [1.29, 1.82) is 0 Å². The molecule has 2 aromatic rings. The molecule has 0 aliphatic heterocycles. The summed E-state index contributed by atoms with van der Waals surface area (Å²) in [6, 6.07) is 17.2. The van der Waals surface area contributed by atoms with E-state index in [1.54, 1.807) is 4.35 Å². The van der Waals surface area contributed by atoms with Crippen LogP contribution in [0, 0.1) is 6.92 Å². The zero-order valence-corrected chi connectivity index (χ0v) is 15.2. The zero-order chi connectivity index (χ0) is 16.8. The first-order chi connectivity index (χ1) is 10.2. The third-order valence-corrected chi connectivity index (χ3v) is 8.40. The van der Waals surface area contributed by atoms with Crippen LogP contribution in [0.2, 0.25) is 5.21 Å². The molecule has 120 valence electrons. The molecule has 0 saturated carbocycles. The van der Waals surface area contributed by atoms with Crippen molar-refractivity contribution in [2.45, 2.75) is 19.1 Å². The Labute approximate surface area is 136 Å². The predicted octanol–water partition coefficient (Wildman–Crippen LogP) is 1.55. The number of aryl methyl sites for hydroxylation is 1. The Morgan fingerprint density at radius 2 is 1.68 bits per heavy atom. The Bertz CT molecular complexity index is 711. The monoisotopic (exact) mass is 385 g/mol. The first-order valence-corrected chi connectivity index (χ1v) is 11.2. The SMILES string of the molecule is CC[As](c1cccc(N)c1)c1ccccc1C.O=S(=O)(O)O. The Kier molecular flexibility index (Phi) is 7.10. The van der Waals surface area contributed by atoms with Crippen LogP contribution in [-0.2, 0) is 10.4 Å². The maximum absolute atomic E-state index is 8.74. The molecule has 0 radical (unpaired) electrons. The minimum atomic E-state index is -4.67. The molecule has 0 aliphatic rings. The molecule has 7 heteroatoms. The Hall–Kier alpha value is -1.33. The molecule has 0 aliphatic carbocycles. The Morgan fingerprint density at radius 3 is 2.18 bits per heavy atom. The van der Waals surface area contributed by atoms with Crippen molar-refractivity contribution in [3.05, 3.63) is 54.1 Å². The number of anilines is 1. The van der Waals surface area contributed by atoms with Crippen LogP contribution >= 0.6 is 0 Å². The smallest absolute Gasteiger partial charge is 0.264 e. The summed E-state index contributed by atoms with van der Waals surface area (Å²) >= 11 is -1.15. The van der Waals surface area contributed by atoms with Crippen LogP contribution < -0.4 is 14.4 Å². The molecule has 1 unspecified atom stereocenters. The summed E-state index contributed by atoms with van der Waals surface area (Å²) in [5.74, 6) is 0. The first-order valence-electron chi connectivity index (χ1n) is 6.61. The van der Waals surface area contributed by atoms with Crippen LogP contribution in [0.25, 0.3) is 0 Å². The molecular formula is C15H20AsNO4S. The molecule has 0 heterocycles. The molecule has 0 amide bonds. The second kappa shape index (κ2) is 8.34. The second-order valence-corrected chi connectivity index (χ2v) is 10.7. The van der Waals surface area contributed by atoms with E-state index < -0.39 is 25.1 Å². The molecule has 0 fully saturated rings. The molecule has 0 saturated heterocycles. The minimum absolute atomic E-state index is 0.879. The summed E-state index contributed by atoms with van der Waals surface area (Å²) in [4.78, 5) is 0. The van der Waals surface area contributed by atoms with Gasteiger partial charge in [0, 0.05) is 0 Å². The fourth-order valence-electron chi connectivity index (χ4n) is 2.05. The van der Waals surface area contributed by atoms with Crippen LogP contribution in [0.3, 0.4) is 0 Å². The van der Waals surface area contributed by atoms with E-state index in [0.29, 0.717) is 0 Å². The van der Waals surface area contributed by atoms with Gasteiger partial charge < -0.3 is 0 Å². The van der Waals surface area contributed by atoms with E-state index in [0.717, 1.165) is 5.69 Å². The van der Waals surface area contributed by atoms with Crippen molar-refractivity contribution in [3.63, 3.8) is 0 Å². The van der Waals surface area contributed by atoms with Crippen molar-refractivity contribution >= 4 is 39.4 Å². The largest absolute Gasteiger partial charge is 0.394 e. The second-order valence-electron chi connectivity index (χ2n) is 4.57. The van der Waals surface area contributed by atoms with Crippen LogP contribution in [0.4, 0.5) is 5.69 Å². The molecule has 22 heavy (non-hydrogen) atoms. The Morgan fingerprint density at radius 1 is 1.09 bits per heavy atom. The predicted molar refractivity (Wildman–Crippen MR) is 91.7 cm³/mol. The summed E-state index contributed by atoms with van der Waals surface area (Å²) in [5.41, 5.74) is 8.18. The van der Waals surface area contributed by atoms with Crippen molar-refractivity contribution < 1.29 is 17.5 Å². The van der Waals surface area contributed by atoms with Crippen molar-refractivity contribution in [2.24, 2.45) is 0 Å². The van der Waals surface area contributed by atoms with Crippen molar-refractivity contribution in [1.82, 2.24) is 0 Å². The van der Waals surface area contributed by atoms with E-state index in [2.05, 4.69) is 56.3 Å². The van der Waals surface area contributed by atoms with Gasteiger partial charge in [-0.05, 0) is 0 Å². The number of nitrogen functional groups attached to an aromatic ring is 1. The van der Waals surface area contributed by atoms with E-state index in [4.69, 9.17) is 23.3 Å². The third-order valence-electron chi connectivity index (χ3n) is 2.90. The fourth-order valence-corrected chi connectivity index (χ4v) is 6.92. The molecular weight excluding hydrogens is 365 g/mol. The minimum Gasteiger partial charge on any atom is -0.264 e. The van der Waals surface area contributed by atoms with Gasteiger partial charge in [-0.1, -0.05) is 0 Å².